The number of nitrogens with one attached hydrogen (secondary N) is 1. The molecular weight excluding hydrogens is 208 g/mol. The summed E-state index contributed by atoms with van der Waals surface area (Å²) in [4.78, 5) is 15.5. The minimum atomic E-state index is -1.30. The predicted octanol–water partition coefficient (Wildman–Crippen LogP) is -0.137. The third-order valence-electron chi connectivity index (χ3n) is 2.11. The minimum Gasteiger partial charge on any atom is -0.393 e. The molecule has 0 aliphatic rings. The first-order valence-corrected chi connectivity index (χ1v) is 4.98. The molecule has 0 radical (unpaired) electrons. The zero-order chi connectivity index (χ0) is 12.2. The summed E-state index contributed by atoms with van der Waals surface area (Å²) >= 11 is 0. The van der Waals surface area contributed by atoms with Crippen molar-refractivity contribution in [3.63, 3.8) is 0 Å². The lowest BCUT2D eigenvalue weighted by Gasteiger charge is -2.20. The highest BCUT2D eigenvalue weighted by Crippen LogP contribution is 2.03. The quantitative estimate of drug-likeness (QED) is 0.665. The SMILES string of the molecule is Cc1cncc(C(=O)NCC(C)(O)CO)c1. The van der Waals surface area contributed by atoms with Gasteiger partial charge in [0.2, 0.25) is 0 Å². The molecule has 1 heterocycles. The van der Waals surface area contributed by atoms with Crippen LogP contribution in [0.5, 0.6) is 0 Å². The van der Waals surface area contributed by atoms with E-state index in [0.29, 0.717) is 5.56 Å². The van der Waals surface area contributed by atoms with E-state index in [4.69, 9.17) is 5.11 Å². The van der Waals surface area contributed by atoms with Gasteiger partial charge in [-0.05, 0) is 25.5 Å². The van der Waals surface area contributed by atoms with Crippen LogP contribution in [0.3, 0.4) is 0 Å². The van der Waals surface area contributed by atoms with Crippen molar-refractivity contribution in [1.82, 2.24) is 10.3 Å². The fourth-order valence-electron chi connectivity index (χ4n) is 1.11. The molecule has 1 amide bonds. The zero-order valence-corrected chi connectivity index (χ0v) is 9.40. The first-order chi connectivity index (χ1) is 7.44. The molecule has 5 heteroatoms. The van der Waals surface area contributed by atoms with Gasteiger partial charge in [0.1, 0.15) is 5.60 Å². The fraction of sp³-hybridized carbons (Fsp3) is 0.455. The lowest BCUT2D eigenvalue weighted by molar-refractivity contribution is 0.00320. The Hall–Kier alpha value is -1.46. The van der Waals surface area contributed by atoms with Gasteiger partial charge in [0.25, 0.3) is 5.91 Å². The Morgan fingerprint density at radius 1 is 1.56 bits per heavy atom. The Balaban J connectivity index is 2.60. The number of amides is 1. The number of nitrogens with zero attached hydrogens (tertiary/aromatic N) is 1. The van der Waals surface area contributed by atoms with E-state index in [1.54, 1.807) is 12.3 Å². The molecule has 1 aromatic heterocycles. The van der Waals surface area contributed by atoms with Crippen LogP contribution < -0.4 is 5.32 Å². The van der Waals surface area contributed by atoms with Gasteiger partial charge in [0.15, 0.2) is 0 Å². The van der Waals surface area contributed by atoms with Crippen molar-refractivity contribution in [1.29, 1.82) is 0 Å². The van der Waals surface area contributed by atoms with Crippen molar-refractivity contribution in [2.45, 2.75) is 19.4 Å². The fourth-order valence-corrected chi connectivity index (χ4v) is 1.11. The van der Waals surface area contributed by atoms with Crippen molar-refractivity contribution in [2.75, 3.05) is 13.2 Å². The molecule has 88 valence electrons. The van der Waals surface area contributed by atoms with Crippen LogP contribution in [0.4, 0.5) is 0 Å². The lowest BCUT2D eigenvalue weighted by atomic mass is 10.1. The molecule has 0 aliphatic carbocycles. The summed E-state index contributed by atoms with van der Waals surface area (Å²) in [6, 6.07) is 1.70. The molecule has 0 aliphatic heterocycles. The molecule has 16 heavy (non-hydrogen) atoms. The minimum absolute atomic E-state index is 0.00370. The molecule has 1 unspecified atom stereocenters. The molecule has 0 spiro atoms. The highest BCUT2D eigenvalue weighted by atomic mass is 16.3. The summed E-state index contributed by atoms with van der Waals surface area (Å²) in [7, 11) is 0. The molecule has 0 saturated carbocycles. The van der Waals surface area contributed by atoms with Crippen LogP contribution in [-0.4, -0.2) is 39.9 Å². The maximum absolute atomic E-state index is 11.6. The Morgan fingerprint density at radius 3 is 2.81 bits per heavy atom. The number of hydrogen-bond donors (Lipinski definition) is 3. The van der Waals surface area contributed by atoms with Crippen LogP contribution in [0, 0.1) is 6.92 Å². The van der Waals surface area contributed by atoms with Gasteiger partial charge in [-0.15, -0.1) is 0 Å². The van der Waals surface area contributed by atoms with Gasteiger partial charge in [-0.2, -0.15) is 0 Å². The summed E-state index contributed by atoms with van der Waals surface area (Å²) in [5.74, 6) is -0.315. The van der Waals surface area contributed by atoms with E-state index in [0.717, 1.165) is 5.56 Å². The van der Waals surface area contributed by atoms with Crippen LogP contribution in [0.2, 0.25) is 0 Å². The first-order valence-electron chi connectivity index (χ1n) is 4.98. The summed E-state index contributed by atoms with van der Waals surface area (Å²) in [5.41, 5.74) is 0.0303. The standard InChI is InChI=1S/C11H16N2O3/c1-8-3-9(5-12-4-8)10(15)13-6-11(2,16)7-14/h3-5,14,16H,6-7H2,1-2H3,(H,13,15). The van der Waals surface area contributed by atoms with Gasteiger partial charge in [0.05, 0.1) is 12.2 Å². The molecule has 0 aromatic carbocycles. The average Bonchev–Trinajstić information content (AvgIpc) is 2.26. The first kappa shape index (κ1) is 12.6. The van der Waals surface area contributed by atoms with Crippen molar-refractivity contribution in [3.8, 4) is 0 Å². The topological polar surface area (TPSA) is 82.5 Å². The number of carbonyl (C=O) groups excluding carboxylic acids is 1. The van der Waals surface area contributed by atoms with Gasteiger partial charge in [-0.1, -0.05) is 0 Å². The molecule has 0 fully saturated rings. The van der Waals surface area contributed by atoms with Crippen LogP contribution in [-0.2, 0) is 0 Å². The third-order valence-corrected chi connectivity index (χ3v) is 2.11. The van der Waals surface area contributed by atoms with Crippen LogP contribution in [0.15, 0.2) is 18.5 Å². The van der Waals surface area contributed by atoms with Gasteiger partial charge in [-0.3, -0.25) is 9.78 Å². The van der Waals surface area contributed by atoms with Crippen LogP contribution in [0.1, 0.15) is 22.8 Å². The van der Waals surface area contributed by atoms with E-state index in [9.17, 15) is 9.90 Å². The average molecular weight is 224 g/mol. The number of rotatable bonds is 4. The normalized spacial score (nSPS) is 14.2. The molecule has 1 atom stereocenters. The summed E-state index contributed by atoms with van der Waals surface area (Å²) in [6.07, 6.45) is 3.11. The van der Waals surface area contributed by atoms with Gasteiger partial charge >= 0.3 is 0 Å². The lowest BCUT2D eigenvalue weighted by Crippen LogP contribution is -2.43. The smallest absolute Gasteiger partial charge is 0.252 e. The predicted molar refractivity (Wildman–Crippen MR) is 59.0 cm³/mol. The molecule has 0 bridgehead atoms. The third kappa shape index (κ3) is 3.60. The number of aromatic nitrogens is 1. The van der Waals surface area contributed by atoms with E-state index >= 15 is 0 Å². The molecule has 5 nitrogen and oxygen atoms in total. The Labute approximate surface area is 94.1 Å². The van der Waals surface area contributed by atoms with E-state index in [2.05, 4.69) is 10.3 Å². The van der Waals surface area contributed by atoms with E-state index in [1.807, 2.05) is 6.92 Å². The zero-order valence-electron chi connectivity index (χ0n) is 9.40. The second-order valence-corrected chi connectivity index (χ2v) is 4.09. The summed E-state index contributed by atoms with van der Waals surface area (Å²) in [6.45, 7) is 2.88. The monoisotopic (exact) mass is 224 g/mol. The number of aliphatic hydroxyl groups is 2. The van der Waals surface area contributed by atoms with Gasteiger partial charge in [-0.25, -0.2) is 0 Å². The highest BCUT2D eigenvalue weighted by molar-refractivity contribution is 5.94. The Kier molecular flexibility index (Phi) is 3.98. The van der Waals surface area contributed by atoms with Gasteiger partial charge < -0.3 is 15.5 Å². The Bertz CT molecular complexity index is 377. The number of aryl methyl sites for hydroxylation is 1. The van der Waals surface area contributed by atoms with Crippen LogP contribution >= 0.6 is 0 Å². The number of pyridine rings is 1. The molecule has 0 saturated heterocycles. The van der Waals surface area contributed by atoms with Crippen LogP contribution in [0.25, 0.3) is 0 Å². The molecule has 1 rings (SSSR count). The second kappa shape index (κ2) is 5.05. The van der Waals surface area contributed by atoms with Crippen molar-refractivity contribution in [2.24, 2.45) is 0 Å². The van der Waals surface area contributed by atoms with E-state index in [1.165, 1.54) is 13.1 Å². The van der Waals surface area contributed by atoms with Gasteiger partial charge in [0, 0.05) is 18.9 Å². The van der Waals surface area contributed by atoms with Crippen molar-refractivity contribution >= 4 is 5.91 Å². The summed E-state index contributed by atoms with van der Waals surface area (Å²) < 4.78 is 0. The molecule has 3 N–H and O–H groups in total. The van der Waals surface area contributed by atoms with Crippen molar-refractivity contribution < 1.29 is 15.0 Å². The maximum Gasteiger partial charge on any atom is 0.252 e. The van der Waals surface area contributed by atoms with E-state index < -0.39 is 12.2 Å². The Morgan fingerprint density at radius 2 is 2.25 bits per heavy atom. The molecule has 1 aromatic rings. The molecular formula is C11H16N2O3. The number of aliphatic hydroxyl groups excluding tert-OH is 1. The maximum atomic E-state index is 11.6. The second-order valence-electron chi connectivity index (χ2n) is 4.09. The number of hydrogen-bond acceptors (Lipinski definition) is 4. The largest absolute Gasteiger partial charge is 0.393 e. The number of carbonyl (C=O) groups is 1. The van der Waals surface area contributed by atoms with E-state index in [-0.39, 0.29) is 12.5 Å². The highest BCUT2D eigenvalue weighted by Gasteiger charge is 2.20. The summed E-state index contributed by atoms with van der Waals surface area (Å²) in [5, 5.41) is 20.8. The van der Waals surface area contributed by atoms with Crippen molar-refractivity contribution in [3.05, 3.63) is 29.6 Å².